The van der Waals surface area contributed by atoms with Gasteiger partial charge in [0, 0.05) is 16.7 Å². The molecule has 1 aliphatic carbocycles. The van der Waals surface area contributed by atoms with Crippen molar-refractivity contribution in [2.45, 2.75) is 26.2 Å². The number of carbonyl (C=O) groups is 2. The maximum absolute atomic E-state index is 12.7. The van der Waals surface area contributed by atoms with E-state index in [1.165, 1.54) is 6.07 Å². The highest BCUT2D eigenvalue weighted by molar-refractivity contribution is 6.29. The number of unbranched alkanes of at least 4 members (excludes halogenated alkanes) is 2. The maximum Gasteiger partial charge on any atom is 0.198 e. The molecule has 0 unspecified atom stereocenters. The molecule has 0 fully saturated rings. The largest absolute Gasteiger partial charge is 0.507 e. The van der Waals surface area contributed by atoms with Gasteiger partial charge in [-0.2, -0.15) is 0 Å². The third-order valence-electron chi connectivity index (χ3n) is 4.22. The Bertz CT molecular complexity index is 862. The fourth-order valence-electron chi connectivity index (χ4n) is 2.93. The smallest absolute Gasteiger partial charge is 0.198 e. The number of carbonyl (C=O) groups excluding carboxylic acids is 2. The molecule has 2 aromatic rings. The minimum absolute atomic E-state index is 0.0355. The van der Waals surface area contributed by atoms with Crippen molar-refractivity contribution in [1.29, 1.82) is 0 Å². The van der Waals surface area contributed by atoms with Crippen LogP contribution in [0.2, 0.25) is 0 Å². The number of benzene rings is 2. The van der Waals surface area contributed by atoms with E-state index in [2.05, 4.69) is 6.92 Å². The van der Waals surface area contributed by atoms with E-state index in [-0.39, 0.29) is 39.5 Å². The van der Waals surface area contributed by atoms with Crippen LogP contribution < -0.4 is 0 Å². The Hall–Kier alpha value is -2.88. The van der Waals surface area contributed by atoms with Crippen LogP contribution in [0.15, 0.2) is 36.4 Å². The molecule has 2 aromatic carbocycles. The Morgan fingerprint density at radius 1 is 1.00 bits per heavy atom. The number of hydrogen-bond acceptors (Lipinski definition) is 4. The molecular formula is C20H18O4. The second kappa shape index (κ2) is 6.32. The predicted molar refractivity (Wildman–Crippen MR) is 91.6 cm³/mol. The molecule has 0 saturated heterocycles. The summed E-state index contributed by atoms with van der Waals surface area (Å²) in [4.78, 5) is 25.3. The summed E-state index contributed by atoms with van der Waals surface area (Å²) in [6, 6.07) is 7.77. The molecule has 0 atom stereocenters. The summed E-state index contributed by atoms with van der Waals surface area (Å²) < 4.78 is 0. The summed E-state index contributed by atoms with van der Waals surface area (Å²) in [6.45, 7) is 2.07. The summed E-state index contributed by atoms with van der Waals surface area (Å²) in [5, 5.41) is 20.7. The molecule has 0 bridgehead atoms. The van der Waals surface area contributed by atoms with Crippen molar-refractivity contribution >= 4 is 17.6 Å². The molecule has 0 spiro atoms. The summed E-state index contributed by atoms with van der Waals surface area (Å²) in [5.74, 6) is -1.32. The zero-order valence-corrected chi connectivity index (χ0v) is 13.4. The number of aromatic hydroxyl groups is 2. The Kier molecular flexibility index (Phi) is 4.21. The standard InChI is InChI=1S/C20H18O4/c1-2-3-4-5-10-14-16(21)11-15-17(20(14)24)19(23)13-9-7-6-8-12(13)18(15)22/h5-11,21,24H,2-4H2,1H3/b10-5+. The SMILES string of the molecule is CCCC/C=C/c1c(O)cc2c(c1O)C(=O)c1ccccc1C2=O. The number of phenolic OH excluding ortho intramolecular Hbond substituents is 2. The number of hydrogen-bond donors (Lipinski definition) is 2. The predicted octanol–water partition coefficient (Wildman–Crippen LogP) is 4.08. The highest BCUT2D eigenvalue weighted by Crippen LogP contribution is 2.40. The molecule has 1 aliphatic rings. The van der Waals surface area contributed by atoms with Gasteiger partial charge in [-0.3, -0.25) is 9.59 Å². The highest BCUT2D eigenvalue weighted by Gasteiger charge is 2.33. The minimum Gasteiger partial charge on any atom is -0.507 e. The average molecular weight is 322 g/mol. The van der Waals surface area contributed by atoms with Crippen LogP contribution in [0.25, 0.3) is 6.08 Å². The van der Waals surface area contributed by atoms with E-state index in [4.69, 9.17) is 0 Å². The highest BCUT2D eigenvalue weighted by atomic mass is 16.3. The van der Waals surface area contributed by atoms with Crippen LogP contribution in [-0.2, 0) is 0 Å². The Labute approximate surface area is 140 Å². The van der Waals surface area contributed by atoms with Gasteiger partial charge in [0.2, 0.25) is 0 Å². The first-order valence-electron chi connectivity index (χ1n) is 8.00. The van der Waals surface area contributed by atoms with E-state index in [0.29, 0.717) is 5.56 Å². The molecule has 0 amide bonds. The van der Waals surface area contributed by atoms with Crippen LogP contribution in [0.1, 0.15) is 63.6 Å². The number of allylic oxidation sites excluding steroid dienone is 1. The van der Waals surface area contributed by atoms with Gasteiger partial charge >= 0.3 is 0 Å². The fourth-order valence-corrected chi connectivity index (χ4v) is 2.93. The Morgan fingerprint density at radius 2 is 1.67 bits per heavy atom. The fraction of sp³-hybridized carbons (Fsp3) is 0.200. The van der Waals surface area contributed by atoms with E-state index < -0.39 is 5.78 Å². The maximum atomic E-state index is 12.7. The van der Waals surface area contributed by atoms with Crippen molar-refractivity contribution in [1.82, 2.24) is 0 Å². The van der Waals surface area contributed by atoms with E-state index in [1.807, 2.05) is 6.08 Å². The lowest BCUT2D eigenvalue weighted by atomic mass is 9.82. The molecule has 3 rings (SSSR count). The molecule has 24 heavy (non-hydrogen) atoms. The zero-order valence-electron chi connectivity index (χ0n) is 13.4. The van der Waals surface area contributed by atoms with Crippen LogP contribution in [-0.4, -0.2) is 21.8 Å². The summed E-state index contributed by atoms with van der Waals surface area (Å²) in [7, 11) is 0. The second-order valence-electron chi connectivity index (χ2n) is 5.83. The van der Waals surface area contributed by atoms with Crippen LogP contribution in [0.3, 0.4) is 0 Å². The lowest BCUT2D eigenvalue weighted by molar-refractivity contribution is 0.0976. The van der Waals surface area contributed by atoms with Gasteiger partial charge in [0.1, 0.15) is 11.5 Å². The monoisotopic (exact) mass is 322 g/mol. The quantitative estimate of drug-likeness (QED) is 0.710. The van der Waals surface area contributed by atoms with Gasteiger partial charge in [-0.15, -0.1) is 0 Å². The van der Waals surface area contributed by atoms with Crippen LogP contribution in [0, 0.1) is 0 Å². The molecule has 2 N–H and O–H groups in total. The van der Waals surface area contributed by atoms with Crippen molar-refractivity contribution in [3.05, 3.63) is 64.2 Å². The number of phenols is 2. The minimum atomic E-state index is -0.402. The van der Waals surface area contributed by atoms with Gasteiger partial charge < -0.3 is 10.2 Å². The van der Waals surface area contributed by atoms with Gasteiger partial charge in [-0.25, -0.2) is 0 Å². The topological polar surface area (TPSA) is 74.6 Å². The van der Waals surface area contributed by atoms with Gasteiger partial charge in [-0.05, 0) is 12.5 Å². The van der Waals surface area contributed by atoms with Gasteiger partial charge in [0.25, 0.3) is 0 Å². The summed E-state index contributed by atoms with van der Waals surface area (Å²) >= 11 is 0. The lowest BCUT2D eigenvalue weighted by Crippen LogP contribution is -2.21. The molecule has 4 heteroatoms. The van der Waals surface area contributed by atoms with Crippen molar-refractivity contribution in [2.75, 3.05) is 0 Å². The van der Waals surface area contributed by atoms with Crippen molar-refractivity contribution in [3.8, 4) is 11.5 Å². The summed E-state index contributed by atoms with van der Waals surface area (Å²) in [5.41, 5.74) is 0.744. The lowest BCUT2D eigenvalue weighted by Gasteiger charge is -2.19. The first-order valence-corrected chi connectivity index (χ1v) is 8.00. The van der Waals surface area contributed by atoms with Gasteiger partial charge in [0.05, 0.1) is 11.1 Å². The van der Waals surface area contributed by atoms with Gasteiger partial charge in [0.15, 0.2) is 11.6 Å². The molecular weight excluding hydrogens is 304 g/mol. The third kappa shape index (κ3) is 2.50. The summed E-state index contributed by atoms with van der Waals surface area (Å²) in [6.07, 6.45) is 6.28. The molecule has 0 saturated carbocycles. The number of fused-ring (bicyclic) bond motifs is 2. The van der Waals surface area contributed by atoms with E-state index in [9.17, 15) is 19.8 Å². The average Bonchev–Trinajstić information content (AvgIpc) is 2.58. The van der Waals surface area contributed by atoms with Crippen molar-refractivity contribution < 1.29 is 19.8 Å². The van der Waals surface area contributed by atoms with Crippen molar-refractivity contribution in [2.24, 2.45) is 0 Å². The molecule has 0 heterocycles. The zero-order chi connectivity index (χ0) is 17.3. The molecule has 0 radical (unpaired) electrons. The molecule has 122 valence electrons. The van der Waals surface area contributed by atoms with E-state index in [1.54, 1.807) is 30.3 Å². The first kappa shape index (κ1) is 16.0. The van der Waals surface area contributed by atoms with Crippen molar-refractivity contribution in [3.63, 3.8) is 0 Å². The Morgan fingerprint density at radius 3 is 2.33 bits per heavy atom. The second-order valence-corrected chi connectivity index (χ2v) is 5.83. The number of ketones is 2. The normalized spacial score (nSPS) is 13.2. The molecule has 4 nitrogen and oxygen atoms in total. The van der Waals surface area contributed by atoms with Crippen LogP contribution >= 0.6 is 0 Å². The Balaban J connectivity index is 2.13. The van der Waals surface area contributed by atoms with Gasteiger partial charge in [-0.1, -0.05) is 56.2 Å². The molecule has 0 aromatic heterocycles. The molecule has 0 aliphatic heterocycles. The van der Waals surface area contributed by atoms with E-state index in [0.717, 1.165) is 19.3 Å². The van der Waals surface area contributed by atoms with Crippen LogP contribution in [0.5, 0.6) is 11.5 Å². The first-order chi connectivity index (χ1) is 11.6. The van der Waals surface area contributed by atoms with E-state index >= 15 is 0 Å². The van der Waals surface area contributed by atoms with Crippen LogP contribution in [0.4, 0.5) is 0 Å². The third-order valence-corrected chi connectivity index (χ3v) is 4.22. The number of rotatable bonds is 4.